The number of aliphatic hydroxyl groups excluding tert-OH is 4. The molecule has 5 unspecified atom stereocenters. The molecule has 0 spiro atoms. The molecule has 0 amide bonds. The van der Waals surface area contributed by atoms with Gasteiger partial charge in [-0.2, -0.15) is 0 Å². The molecule has 0 radical (unpaired) electrons. The molecule has 11 heteroatoms. The summed E-state index contributed by atoms with van der Waals surface area (Å²) in [5.41, 5.74) is 4.87. The Hall–Kier alpha value is -2.77. The van der Waals surface area contributed by atoms with Crippen LogP contribution in [0.5, 0.6) is 0 Å². The summed E-state index contributed by atoms with van der Waals surface area (Å²) in [6.07, 6.45) is -4.03. The summed E-state index contributed by atoms with van der Waals surface area (Å²) in [7, 11) is 1.30. The van der Waals surface area contributed by atoms with Crippen LogP contribution in [-0.4, -0.2) is 88.6 Å². The zero-order valence-corrected chi connectivity index (χ0v) is 21.9. The average molecular weight is 545 g/mol. The summed E-state index contributed by atoms with van der Waals surface area (Å²) >= 11 is 0. The van der Waals surface area contributed by atoms with E-state index in [1.54, 1.807) is 6.08 Å². The number of hydrogen-bond acceptors (Lipinski definition) is 10. The summed E-state index contributed by atoms with van der Waals surface area (Å²) in [6, 6.07) is 6.11. The lowest BCUT2D eigenvalue weighted by Crippen LogP contribution is -2.60. The number of methoxy groups -OCH3 is 1. The number of hydrogen-bond donors (Lipinski definition) is 6. The van der Waals surface area contributed by atoms with Crippen molar-refractivity contribution in [2.75, 3.05) is 20.3 Å². The smallest absolute Gasteiger partial charge is 0.337 e. The predicted octanol–water partition coefficient (Wildman–Crippen LogP) is 0.701. The third-order valence-corrected chi connectivity index (χ3v) is 8.10. The van der Waals surface area contributed by atoms with Gasteiger partial charge in [0, 0.05) is 34.5 Å². The first kappa shape index (κ1) is 27.8. The van der Waals surface area contributed by atoms with Gasteiger partial charge >= 0.3 is 5.97 Å². The van der Waals surface area contributed by atoms with Crippen LogP contribution in [0.15, 0.2) is 42.7 Å². The molecule has 1 saturated heterocycles. The van der Waals surface area contributed by atoms with Gasteiger partial charge in [-0.05, 0) is 37.4 Å². The summed E-state index contributed by atoms with van der Waals surface area (Å²) in [6.45, 7) is 6.20. The molecule has 3 aliphatic heterocycles. The third kappa shape index (κ3) is 5.00. The van der Waals surface area contributed by atoms with Gasteiger partial charge in [0.2, 0.25) is 6.29 Å². The van der Waals surface area contributed by atoms with Crippen LogP contribution in [0, 0.1) is 18.8 Å². The number of fused-ring (bicyclic) bond motifs is 3. The number of aromatic amines is 1. The van der Waals surface area contributed by atoms with E-state index in [0.29, 0.717) is 12.0 Å². The predicted molar refractivity (Wildman–Crippen MR) is 139 cm³/mol. The number of nitrogens with one attached hydrogen (secondary N) is 2. The molecule has 0 bridgehead atoms. The van der Waals surface area contributed by atoms with Gasteiger partial charge in [-0.1, -0.05) is 24.3 Å². The second-order valence-electron chi connectivity index (χ2n) is 10.3. The Morgan fingerprint density at radius 1 is 1.21 bits per heavy atom. The molecular weight excluding hydrogens is 508 g/mol. The van der Waals surface area contributed by atoms with E-state index in [1.807, 2.05) is 6.07 Å². The molecular formula is C28H36N2O9. The fourth-order valence-electron chi connectivity index (χ4n) is 5.96. The molecule has 1 aromatic heterocycles. The van der Waals surface area contributed by atoms with Crippen molar-refractivity contribution in [2.24, 2.45) is 11.8 Å². The van der Waals surface area contributed by atoms with Gasteiger partial charge in [0.25, 0.3) is 0 Å². The number of ether oxygens (including phenoxy) is 4. The highest BCUT2D eigenvalue weighted by Gasteiger charge is 2.48. The Kier molecular flexibility index (Phi) is 8.11. The molecule has 9 atom stereocenters. The van der Waals surface area contributed by atoms with Crippen LogP contribution in [0.3, 0.4) is 0 Å². The number of para-hydroxylation sites is 1. The lowest BCUT2D eigenvalue weighted by atomic mass is 9.78. The minimum atomic E-state index is -1.60. The van der Waals surface area contributed by atoms with Crippen molar-refractivity contribution < 1.29 is 44.2 Å². The number of carbonyl (C=O) groups excluding carboxylic acids is 1. The van der Waals surface area contributed by atoms with E-state index in [9.17, 15) is 25.2 Å². The molecule has 4 heterocycles. The zero-order chi connectivity index (χ0) is 27.8. The molecule has 2 aromatic rings. The van der Waals surface area contributed by atoms with Crippen molar-refractivity contribution in [1.29, 1.82) is 0 Å². The maximum Gasteiger partial charge on any atom is 0.337 e. The monoisotopic (exact) mass is 544 g/mol. The highest BCUT2D eigenvalue weighted by atomic mass is 16.8. The minimum Gasteiger partial charge on any atom is -0.471 e. The Labute approximate surface area is 226 Å². The number of aryl methyl sites for hydroxylation is 1. The van der Waals surface area contributed by atoms with Crippen molar-refractivity contribution in [2.45, 2.75) is 62.8 Å². The average Bonchev–Trinajstić information content (AvgIpc) is 3.34. The van der Waals surface area contributed by atoms with E-state index < -0.39 is 61.4 Å². The second-order valence-corrected chi connectivity index (χ2v) is 10.3. The number of H-pyrrole nitrogens is 1. The Morgan fingerprint density at radius 2 is 2.00 bits per heavy atom. The number of rotatable bonds is 7. The van der Waals surface area contributed by atoms with Gasteiger partial charge in [-0.3, -0.25) is 0 Å². The van der Waals surface area contributed by atoms with Crippen LogP contribution >= 0.6 is 0 Å². The largest absolute Gasteiger partial charge is 0.471 e. The highest BCUT2D eigenvalue weighted by Crippen LogP contribution is 2.42. The maximum atomic E-state index is 12.8. The molecule has 1 fully saturated rings. The summed E-state index contributed by atoms with van der Waals surface area (Å²) in [5, 5.41) is 45.1. The Morgan fingerprint density at radius 3 is 2.72 bits per heavy atom. The summed E-state index contributed by atoms with van der Waals surface area (Å²) in [4.78, 5) is 16.4. The lowest BCUT2D eigenvalue weighted by molar-refractivity contribution is -0.339. The SMILES string of the molecule is C=C[C@H]1[C@H](OC2OC(CO)C(O)C(O)C2O)OC=C(C(=O)OC)[C@H]1C[C@@H]1NCCc2c1[nH]c1c(C)cccc21. The standard InChI is InChI=1S/C28H36N2O9/c1-4-14-17(10-19-22-16(8-9-29-19)15-7-5-6-13(2)21(15)30-22)18(26(35)36-3)12-37-27(14)39-28-25(34)24(33)23(32)20(11-31)38-28/h4-7,12,14,17,19-20,23-25,27-34H,1,8-11H2,2-3H3/t14-,17+,19+,20?,23?,24?,25?,27+,28?/m1/s1. The van der Waals surface area contributed by atoms with Crippen molar-refractivity contribution in [1.82, 2.24) is 10.3 Å². The molecule has 6 N–H and O–H groups in total. The quantitative estimate of drug-likeness (QED) is 0.216. The molecule has 0 aliphatic carbocycles. The number of aliphatic hydroxyl groups is 4. The zero-order valence-electron chi connectivity index (χ0n) is 21.9. The third-order valence-electron chi connectivity index (χ3n) is 8.10. The van der Waals surface area contributed by atoms with Gasteiger partial charge in [-0.25, -0.2) is 4.79 Å². The van der Waals surface area contributed by atoms with E-state index in [2.05, 4.69) is 35.9 Å². The first-order valence-electron chi connectivity index (χ1n) is 13.1. The van der Waals surface area contributed by atoms with Crippen LogP contribution in [0.4, 0.5) is 0 Å². The molecule has 11 nitrogen and oxygen atoms in total. The minimum absolute atomic E-state index is 0.118. The fraction of sp³-hybridized carbons (Fsp3) is 0.536. The maximum absolute atomic E-state index is 12.8. The molecule has 212 valence electrons. The van der Waals surface area contributed by atoms with E-state index in [0.717, 1.165) is 29.7 Å². The van der Waals surface area contributed by atoms with Crippen LogP contribution in [0.25, 0.3) is 10.9 Å². The first-order chi connectivity index (χ1) is 18.8. The molecule has 5 rings (SSSR count). The van der Waals surface area contributed by atoms with Gasteiger partial charge in [0.05, 0.1) is 25.6 Å². The van der Waals surface area contributed by atoms with Crippen molar-refractivity contribution >= 4 is 16.9 Å². The number of carbonyl (C=O) groups is 1. The van der Waals surface area contributed by atoms with Crippen LogP contribution in [0.2, 0.25) is 0 Å². The van der Waals surface area contributed by atoms with Crippen molar-refractivity contribution in [3.63, 3.8) is 0 Å². The normalized spacial score (nSPS) is 34.6. The van der Waals surface area contributed by atoms with Crippen LogP contribution in [-0.2, 0) is 30.2 Å². The Balaban J connectivity index is 1.44. The van der Waals surface area contributed by atoms with Crippen molar-refractivity contribution in [3.05, 3.63) is 59.5 Å². The summed E-state index contributed by atoms with van der Waals surface area (Å²) in [5.74, 6) is -1.56. The number of aromatic nitrogens is 1. The van der Waals surface area contributed by atoms with E-state index in [-0.39, 0.29) is 6.04 Å². The first-order valence-corrected chi connectivity index (χ1v) is 13.1. The highest BCUT2D eigenvalue weighted by molar-refractivity contribution is 5.89. The van der Waals surface area contributed by atoms with Gasteiger partial charge in [0.1, 0.15) is 24.4 Å². The molecule has 39 heavy (non-hydrogen) atoms. The Bertz CT molecular complexity index is 1240. The molecule has 3 aliphatic rings. The molecule has 0 saturated carbocycles. The van der Waals surface area contributed by atoms with Crippen LogP contribution in [0.1, 0.15) is 29.3 Å². The number of benzene rings is 1. The van der Waals surface area contributed by atoms with Crippen LogP contribution < -0.4 is 5.32 Å². The van der Waals surface area contributed by atoms with E-state index in [1.165, 1.54) is 24.3 Å². The van der Waals surface area contributed by atoms with Gasteiger partial charge in [-0.15, -0.1) is 6.58 Å². The lowest BCUT2D eigenvalue weighted by Gasteiger charge is -2.43. The van der Waals surface area contributed by atoms with Gasteiger partial charge < -0.3 is 49.7 Å². The van der Waals surface area contributed by atoms with Crippen molar-refractivity contribution in [3.8, 4) is 0 Å². The van der Waals surface area contributed by atoms with E-state index >= 15 is 0 Å². The molecule has 1 aromatic carbocycles. The number of esters is 1. The van der Waals surface area contributed by atoms with Gasteiger partial charge in [0.15, 0.2) is 6.29 Å². The fourth-order valence-corrected chi connectivity index (χ4v) is 5.96. The van der Waals surface area contributed by atoms with E-state index in [4.69, 9.17) is 18.9 Å². The topological polar surface area (TPSA) is 163 Å². The second kappa shape index (κ2) is 11.4. The summed E-state index contributed by atoms with van der Waals surface area (Å²) < 4.78 is 22.3.